The van der Waals surface area contributed by atoms with Crippen LogP contribution in [-0.4, -0.2) is 45.7 Å². The van der Waals surface area contributed by atoms with Crippen molar-refractivity contribution >= 4 is 11.9 Å². The van der Waals surface area contributed by atoms with Gasteiger partial charge in [0, 0.05) is 18.8 Å². The van der Waals surface area contributed by atoms with Gasteiger partial charge < -0.3 is 18.6 Å². The number of aryl methyl sites for hydroxylation is 1. The molecule has 0 unspecified atom stereocenters. The molecule has 0 atom stereocenters. The number of carbonyl (C=O) groups excluding carboxylic acids is 1. The highest BCUT2D eigenvalue weighted by molar-refractivity contribution is 6.01. The fourth-order valence-electron chi connectivity index (χ4n) is 2.66. The average Bonchev–Trinajstić information content (AvgIpc) is 3.33. The summed E-state index contributed by atoms with van der Waals surface area (Å²) in [5.41, 5.74) is 0.942. The molecule has 10 nitrogen and oxygen atoms in total. The second-order valence-electron chi connectivity index (χ2n) is 5.81. The predicted octanol–water partition coefficient (Wildman–Crippen LogP) is 2.92. The van der Waals surface area contributed by atoms with Gasteiger partial charge in [-0.1, -0.05) is 5.10 Å². The molecule has 0 radical (unpaired) electrons. The summed E-state index contributed by atoms with van der Waals surface area (Å²) in [7, 11) is 1.67. The lowest BCUT2D eigenvalue weighted by Gasteiger charge is -2.16. The van der Waals surface area contributed by atoms with Crippen LogP contribution in [0.2, 0.25) is 0 Å². The van der Waals surface area contributed by atoms with E-state index < -0.39 is 5.91 Å². The van der Waals surface area contributed by atoms with Gasteiger partial charge in [-0.15, -0.1) is 5.10 Å². The van der Waals surface area contributed by atoms with Gasteiger partial charge in [-0.05, 0) is 39.0 Å². The second kappa shape index (κ2) is 9.09. The fraction of sp³-hybridized carbons (Fsp3) is 0.368. The minimum absolute atomic E-state index is 0.0315. The number of nitrogens with zero attached hydrogens (tertiary/aromatic N) is 4. The molecule has 0 spiro atoms. The van der Waals surface area contributed by atoms with E-state index in [0.29, 0.717) is 48.3 Å². The van der Waals surface area contributed by atoms with Crippen molar-refractivity contribution in [3.05, 3.63) is 30.1 Å². The summed E-state index contributed by atoms with van der Waals surface area (Å²) in [4.78, 5) is 12.3. The normalized spacial score (nSPS) is 10.6. The van der Waals surface area contributed by atoms with Crippen molar-refractivity contribution in [1.82, 2.24) is 20.0 Å². The Labute approximate surface area is 167 Å². The lowest BCUT2D eigenvalue weighted by molar-refractivity contribution is 0.101. The Morgan fingerprint density at radius 2 is 1.72 bits per heavy atom. The highest BCUT2D eigenvalue weighted by Crippen LogP contribution is 2.41. The first-order valence-electron chi connectivity index (χ1n) is 9.27. The van der Waals surface area contributed by atoms with E-state index in [2.05, 4.69) is 20.6 Å². The van der Waals surface area contributed by atoms with Gasteiger partial charge in [0.2, 0.25) is 11.6 Å². The summed E-state index contributed by atoms with van der Waals surface area (Å²) in [6.45, 7) is 7.00. The maximum Gasteiger partial charge on any atom is 0.322 e. The van der Waals surface area contributed by atoms with Gasteiger partial charge in [0.05, 0.1) is 19.8 Å². The summed E-state index contributed by atoms with van der Waals surface area (Å²) >= 11 is 0. The lowest BCUT2D eigenvalue weighted by Crippen LogP contribution is -2.16. The number of rotatable bonds is 9. The summed E-state index contributed by atoms with van der Waals surface area (Å²) in [5, 5.41) is 14.4. The first-order valence-corrected chi connectivity index (χ1v) is 9.27. The Balaban J connectivity index is 1.90. The van der Waals surface area contributed by atoms with Gasteiger partial charge >= 0.3 is 6.01 Å². The van der Waals surface area contributed by atoms with Crippen molar-refractivity contribution in [2.45, 2.75) is 20.8 Å². The van der Waals surface area contributed by atoms with Crippen LogP contribution < -0.4 is 19.5 Å². The summed E-state index contributed by atoms with van der Waals surface area (Å²) < 4.78 is 24.1. The molecule has 0 aliphatic carbocycles. The Bertz CT molecular complexity index is 954. The van der Waals surface area contributed by atoms with E-state index in [-0.39, 0.29) is 11.9 Å². The van der Waals surface area contributed by atoms with E-state index >= 15 is 0 Å². The van der Waals surface area contributed by atoms with Crippen LogP contribution >= 0.6 is 0 Å². The molecular weight excluding hydrogens is 378 g/mol. The molecule has 154 valence electrons. The van der Waals surface area contributed by atoms with Crippen molar-refractivity contribution in [1.29, 1.82) is 0 Å². The number of aromatic nitrogens is 4. The number of benzene rings is 1. The van der Waals surface area contributed by atoms with Crippen molar-refractivity contribution in [2.24, 2.45) is 7.05 Å². The smallest absolute Gasteiger partial charge is 0.322 e. The third-order valence-electron chi connectivity index (χ3n) is 3.86. The van der Waals surface area contributed by atoms with Crippen LogP contribution in [0.5, 0.6) is 17.2 Å². The van der Waals surface area contributed by atoms with Gasteiger partial charge in [-0.25, -0.2) is 0 Å². The molecule has 1 amide bonds. The van der Waals surface area contributed by atoms with Gasteiger partial charge in [-0.3, -0.25) is 14.8 Å². The van der Waals surface area contributed by atoms with Crippen LogP contribution in [-0.2, 0) is 7.05 Å². The van der Waals surface area contributed by atoms with Gasteiger partial charge in [0.25, 0.3) is 5.91 Å². The third kappa shape index (κ3) is 4.48. The van der Waals surface area contributed by atoms with Crippen LogP contribution in [0.3, 0.4) is 0 Å². The number of hydrogen-bond acceptors (Lipinski definition) is 8. The Kier molecular flexibility index (Phi) is 6.32. The molecule has 0 fully saturated rings. The highest BCUT2D eigenvalue weighted by Gasteiger charge is 2.20. The van der Waals surface area contributed by atoms with Crippen molar-refractivity contribution < 1.29 is 23.4 Å². The SMILES string of the molecule is CCOc1cc(-c2nnc(NC(=O)c3ccnn3C)o2)cc(OCC)c1OCC. The van der Waals surface area contributed by atoms with Gasteiger partial charge in [0.15, 0.2) is 11.5 Å². The number of carbonyl (C=O) groups is 1. The largest absolute Gasteiger partial charge is 0.490 e. The van der Waals surface area contributed by atoms with Crippen molar-refractivity contribution in [2.75, 3.05) is 25.1 Å². The zero-order valence-electron chi connectivity index (χ0n) is 16.8. The minimum Gasteiger partial charge on any atom is -0.490 e. The number of anilines is 1. The highest BCUT2D eigenvalue weighted by atomic mass is 16.5. The average molecular weight is 401 g/mol. The molecule has 29 heavy (non-hydrogen) atoms. The first kappa shape index (κ1) is 20.2. The van der Waals surface area contributed by atoms with E-state index in [4.69, 9.17) is 18.6 Å². The van der Waals surface area contributed by atoms with Crippen LogP contribution in [0.1, 0.15) is 31.3 Å². The maximum absolute atomic E-state index is 12.3. The van der Waals surface area contributed by atoms with Crippen LogP contribution in [0.25, 0.3) is 11.5 Å². The minimum atomic E-state index is -0.406. The Hall–Kier alpha value is -3.56. The molecule has 2 heterocycles. The first-order chi connectivity index (χ1) is 14.1. The van der Waals surface area contributed by atoms with E-state index in [0.717, 1.165) is 0 Å². The number of amides is 1. The quantitative estimate of drug-likeness (QED) is 0.582. The van der Waals surface area contributed by atoms with E-state index in [9.17, 15) is 4.79 Å². The molecule has 0 bridgehead atoms. The van der Waals surface area contributed by atoms with Gasteiger partial charge in [0.1, 0.15) is 5.69 Å². The number of ether oxygens (including phenoxy) is 3. The second-order valence-corrected chi connectivity index (χ2v) is 5.81. The molecule has 1 aromatic carbocycles. The van der Waals surface area contributed by atoms with E-state index in [1.807, 2.05) is 20.8 Å². The Morgan fingerprint density at radius 3 is 2.28 bits per heavy atom. The third-order valence-corrected chi connectivity index (χ3v) is 3.86. The fourth-order valence-corrected chi connectivity index (χ4v) is 2.66. The van der Waals surface area contributed by atoms with E-state index in [1.165, 1.54) is 10.9 Å². The predicted molar refractivity (Wildman–Crippen MR) is 104 cm³/mol. The standard InChI is InChI=1S/C19H23N5O5/c1-5-26-14-10-12(11-15(27-6-2)16(14)28-7-3)18-22-23-19(29-18)21-17(25)13-8-9-20-24(13)4/h8-11H,5-7H2,1-4H3,(H,21,23,25). The molecule has 0 aliphatic rings. The van der Waals surface area contributed by atoms with Gasteiger partial charge in [-0.2, -0.15) is 5.10 Å². The molecule has 0 saturated heterocycles. The zero-order chi connectivity index (χ0) is 20.8. The molecule has 2 aromatic heterocycles. The monoisotopic (exact) mass is 401 g/mol. The summed E-state index contributed by atoms with van der Waals surface area (Å²) in [6.07, 6.45) is 1.53. The van der Waals surface area contributed by atoms with Crippen LogP contribution in [0.4, 0.5) is 6.01 Å². The number of nitrogens with one attached hydrogen (secondary N) is 1. The summed E-state index contributed by atoms with van der Waals surface area (Å²) in [6, 6.07) is 5.02. The molecule has 0 saturated carbocycles. The van der Waals surface area contributed by atoms with Crippen LogP contribution in [0.15, 0.2) is 28.8 Å². The number of hydrogen-bond donors (Lipinski definition) is 1. The molecular formula is C19H23N5O5. The maximum atomic E-state index is 12.3. The molecule has 0 aliphatic heterocycles. The summed E-state index contributed by atoms with van der Waals surface area (Å²) in [5.74, 6) is 1.33. The zero-order valence-corrected chi connectivity index (χ0v) is 16.8. The van der Waals surface area contributed by atoms with Crippen molar-refractivity contribution in [3.8, 4) is 28.7 Å². The lowest BCUT2D eigenvalue weighted by atomic mass is 10.2. The topological polar surface area (TPSA) is 114 Å². The Morgan fingerprint density at radius 1 is 1.07 bits per heavy atom. The van der Waals surface area contributed by atoms with Crippen LogP contribution in [0, 0.1) is 0 Å². The van der Waals surface area contributed by atoms with Crippen molar-refractivity contribution in [3.63, 3.8) is 0 Å². The molecule has 1 N–H and O–H groups in total. The van der Waals surface area contributed by atoms with E-state index in [1.54, 1.807) is 25.2 Å². The molecule has 10 heteroatoms. The molecule has 3 aromatic rings. The molecule has 3 rings (SSSR count).